The molecule has 12 nitrogen and oxygen atoms in total. The molecule has 2 aliphatic heterocycles. The molecule has 5 aromatic rings. The first kappa shape index (κ1) is 31.3. The van der Waals surface area contributed by atoms with Gasteiger partial charge < -0.3 is 29.4 Å². The lowest BCUT2D eigenvalue weighted by atomic mass is 9.98. The number of nitrogens with zero attached hydrogens (tertiary/aromatic N) is 9. The van der Waals surface area contributed by atoms with Crippen molar-refractivity contribution in [3.8, 4) is 23.3 Å². The molecule has 1 aromatic carbocycles. The van der Waals surface area contributed by atoms with Crippen LogP contribution in [0.3, 0.4) is 0 Å². The maximum atomic E-state index is 14.1. The van der Waals surface area contributed by atoms with Crippen molar-refractivity contribution in [3.63, 3.8) is 0 Å². The van der Waals surface area contributed by atoms with Crippen LogP contribution in [0.2, 0.25) is 0 Å². The van der Waals surface area contributed by atoms with Crippen LogP contribution in [0.15, 0.2) is 48.8 Å². The fraction of sp³-hybridized carbons (Fsp3) is 0.459. The summed E-state index contributed by atoms with van der Waals surface area (Å²) < 4.78 is 10.7. The number of methoxy groups -OCH3 is 1. The smallest absolute Gasteiger partial charge is 0.254 e. The summed E-state index contributed by atoms with van der Waals surface area (Å²) in [6, 6.07) is 13.9. The van der Waals surface area contributed by atoms with Gasteiger partial charge in [0.15, 0.2) is 5.82 Å². The Kier molecular flexibility index (Phi) is 7.95. The lowest BCUT2D eigenvalue weighted by Gasteiger charge is -2.23. The van der Waals surface area contributed by atoms with Crippen LogP contribution in [0.1, 0.15) is 55.7 Å². The van der Waals surface area contributed by atoms with Crippen molar-refractivity contribution in [1.82, 2.24) is 34.0 Å². The van der Waals surface area contributed by atoms with Crippen molar-refractivity contribution in [2.75, 3.05) is 31.6 Å². The Balaban J connectivity index is 1.23. The van der Waals surface area contributed by atoms with Crippen LogP contribution in [0.5, 0.6) is 5.75 Å². The summed E-state index contributed by atoms with van der Waals surface area (Å²) >= 11 is 0. The molecule has 252 valence electrons. The molecule has 49 heavy (non-hydrogen) atoms. The predicted octanol–water partition coefficient (Wildman–Crippen LogP) is 4.86. The fourth-order valence-electron chi connectivity index (χ4n) is 7.90. The molecular formula is C37H42N10O2. The van der Waals surface area contributed by atoms with E-state index in [9.17, 15) is 10.1 Å². The van der Waals surface area contributed by atoms with Crippen LogP contribution in [0.4, 0.5) is 5.82 Å². The first-order chi connectivity index (χ1) is 23.9. The maximum Gasteiger partial charge on any atom is 0.254 e. The second-order valence-electron chi connectivity index (χ2n) is 14.0. The summed E-state index contributed by atoms with van der Waals surface area (Å²) in [5, 5.41) is 10.4. The number of aromatic nitrogens is 6. The molecule has 0 spiro atoms. The molecule has 1 amide bonds. The second kappa shape index (κ2) is 12.5. The molecule has 12 heteroatoms. The first-order valence-electron chi connectivity index (χ1n) is 17.4. The minimum absolute atomic E-state index is 0.0460. The maximum absolute atomic E-state index is 14.1. The van der Waals surface area contributed by atoms with Gasteiger partial charge in [0, 0.05) is 68.2 Å². The van der Waals surface area contributed by atoms with Gasteiger partial charge in [-0.2, -0.15) is 5.26 Å². The molecule has 6 heterocycles. The quantitative estimate of drug-likeness (QED) is 0.235. The summed E-state index contributed by atoms with van der Waals surface area (Å²) in [7, 11) is 1.66. The summed E-state index contributed by atoms with van der Waals surface area (Å²) in [5.41, 5.74) is 10.7. The number of imidazole rings is 1. The minimum Gasteiger partial charge on any atom is -0.494 e. The lowest BCUT2D eigenvalue weighted by Crippen LogP contribution is -2.41. The Morgan fingerprint density at radius 2 is 1.88 bits per heavy atom. The Hall–Kier alpha value is -5.02. The molecule has 4 aromatic heterocycles. The van der Waals surface area contributed by atoms with Gasteiger partial charge in [-0.25, -0.2) is 19.9 Å². The highest BCUT2D eigenvalue weighted by atomic mass is 16.5. The van der Waals surface area contributed by atoms with E-state index < -0.39 is 0 Å². The highest BCUT2D eigenvalue weighted by Crippen LogP contribution is 2.39. The number of benzene rings is 1. The molecule has 1 aliphatic carbocycles. The van der Waals surface area contributed by atoms with Gasteiger partial charge in [-0.05, 0) is 80.3 Å². The Bertz CT molecular complexity index is 2090. The van der Waals surface area contributed by atoms with E-state index in [-0.39, 0.29) is 35.7 Å². The van der Waals surface area contributed by atoms with Gasteiger partial charge >= 0.3 is 0 Å². The molecule has 3 aliphatic rings. The van der Waals surface area contributed by atoms with Crippen molar-refractivity contribution in [2.24, 2.45) is 23.5 Å². The van der Waals surface area contributed by atoms with E-state index in [1.54, 1.807) is 13.3 Å². The van der Waals surface area contributed by atoms with E-state index >= 15 is 0 Å². The Labute approximate surface area is 285 Å². The molecule has 2 N–H and O–H groups in total. The number of carbonyl (C=O) groups excluding carboxylic acids is 1. The number of nitriles is 1. The number of rotatable bonds is 9. The van der Waals surface area contributed by atoms with Gasteiger partial charge in [0.25, 0.3) is 5.91 Å². The van der Waals surface area contributed by atoms with Crippen molar-refractivity contribution in [3.05, 3.63) is 60.2 Å². The van der Waals surface area contributed by atoms with E-state index in [0.29, 0.717) is 30.3 Å². The number of anilines is 1. The molecule has 0 bridgehead atoms. The van der Waals surface area contributed by atoms with Gasteiger partial charge in [-0.1, -0.05) is 13.3 Å². The second-order valence-corrected chi connectivity index (χ2v) is 14.0. The third-order valence-electron chi connectivity index (χ3n) is 10.9. The van der Waals surface area contributed by atoms with Crippen LogP contribution in [-0.4, -0.2) is 78.7 Å². The van der Waals surface area contributed by atoms with Crippen LogP contribution in [-0.2, 0) is 13.1 Å². The number of pyridine rings is 1. The lowest BCUT2D eigenvalue weighted by molar-refractivity contribution is 0.0739. The number of hydrogen-bond donors (Lipinski definition) is 1. The number of likely N-dealkylation sites (tertiary alicyclic amines) is 1. The van der Waals surface area contributed by atoms with Crippen LogP contribution < -0.4 is 15.4 Å². The Morgan fingerprint density at radius 3 is 2.63 bits per heavy atom. The van der Waals surface area contributed by atoms with Crippen molar-refractivity contribution in [2.45, 2.75) is 64.7 Å². The molecule has 8 rings (SSSR count). The van der Waals surface area contributed by atoms with Crippen LogP contribution in [0, 0.1) is 29.1 Å². The zero-order valence-corrected chi connectivity index (χ0v) is 28.3. The Morgan fingerprint density at radius 1 is 1.04 bits per heavy atom. The molecule has 1 saturated carbocycles. The van der Waals surface area contributed by atoms with Gasteiger partial charge in [0.1, 0.15) is 28.8 Å². The summed E-state index contributed by atoms with van der Waals surface area (Å²) in [6.45, 7) is 8.00. The predicted molar refractivity (Wildman–Crippen MR) is 187 cm³/mol. The van der Waals surface area contributed by atoms with E-state index in [2.05, 4.69) is 49.1 Å². The molecule has 2 saturated heterocycles. The SMILES string of the molecule is CCC1CN(C(=O)c2cc(OC)c3c(c2)nc(-c2cc4cccnc4n2CC2CC2)n3C[C@H]2CCN(c3ccnc(C#N)n3)C2)C(C)[C@H]1N. The first-order valence-corrected chi connectivity index (χ1v) is 17.4. The van der Waals surface area contributed by atoms with Crippen LogP contribution in [0.25, 0.3) is 33.6 Å². The summed E-state index contributed by atoms with van der Waals surface area (Å²) in [6.07, 6.45) is 7.81. The molecule has 0 radical (unpaired) electrons. The van der Waals surface area contributed by atoms with Gasteiger partial charge in [-0.3, -0.25) is 4.79 Å². The van der Waals surface area contributed by atoms with E-state index in [1.165, 1.54) is 12.8 Å². The third kappa shape index (κ3) is 5.56. The average molecular weight is 659 g/mol. The summed E-state index contributed by atoms with van der Waals surface area (Å²) in [5.74, 6) is 3.53. The van der Waals surface area contributed by atoms with E-state index in [0.717, 1.165) is 71.9 Å². The summed E-state index contributed by atoms with van der Waals surface area (Å²) in [4.78, 5) is 36.8. The largest absolute Gasteiger partial charge is 0.494 e. The number of hydrogen-bond acceptors (Lipinski definition) is 9. The zero-order valence-electron chi connectivity index (χ0n) is 28.3. The molecular weight excluding hydrogens is 616 g/mol. The third-order valence-corrected chi connectivity index (χ3v) is 10.9. The fourth-order valence-corrected chi connectivity index (χ4v) is 7.90. The normalized spacial score (nSPS) is 22.3. The van der Waals surface area contributed by atoms with E-state index in [1.807, 2.05) is 42.3 Å². The average Bonchev–Trinajstić information content (AvgIpc) is 3.40. The molecule has 3 fully saturated rings. The van der Waals surface area contributed by atoms with Crippen molar-refractivity contribution >= 4 is 33.8 Å². The van der Waals surface area contributed by atoms with Gasteiger partial charge in [0.2, 0.25) is 5.82 Å². The van der Waals surface area contributed by atoms with Crippen LogP contribution >= 0.6 is 0 Å². The zero-order chi connectivity index (χ0) is 33.8. The standard InChI is InChI=1S/C37H42N10O2/c1-4-25-21-45(22(2)33(25)39)37(48)27-14-28-34(30(16-27)49-3)47(20-24-10-13-44(18-24)32-9-12-40-31(17-38)43-32)36(42-28)29-15-26-6-5-11-41-35(26)46(29)19-23-7-8-23/h5-6,9,11-12,14-16,22-25,33H,4,7-8,10,13,18-21,39H2,1-3H3/t22?,24-,25?,33+/m0/s1. The molecule has 2 unspecified atom stereocenters. The molecule has 4 atom stereocenters. The number of ether oxygens (including phenoxy) is 1. The number of carbonyl (C=O) groups is 1. The van der Waals surface area contributed by atoms with Crippen molar-refractivity contribution in [1.29, 1.82) is 5.26 Å². The van der Waals surface area contributed by atoms with Gasteiger partial charge in [-0.15, -0.1) is 0 Å². The number of amides is 1. The number of fused-ring (bicyclic) bond motifs is 2. The topological polar surface area (TPSA) is 144 Å². The van der Waals surface area contributed by atoms with Crippen molar-refractivity contribution < 1.29 is 9.53 Å². The highest BCUT2D eigenvalue weighted by molar-refractivity contribution is 6.00. The minimum atomic E-state index is -0.0534. The van der Waals surface area contributed by atoms with E-state index in [4.69, 9.17) is 20.4 Å². The highest BCUT2D eigenvalue weighted by Gasteiger charge is 2.39. The monoisotopic (exact) mass is 658 g/mol. The number of nitrogens with two attached hydrogens (primary N) is 1. The van der Waals surface area contributed by atoms with Gasteiger partial charge in [0.05, 0.1) is 18.3 Å².